The number of carbonyl (C=O) groups excluding carboxylic acids is 1. The van der Waals surface area contributed by atoms with Gasteiger partial charge < -0.3 is 15.2 Å². The Morgan fingerprint density at radius 3 is 2.28 bits per heavy atom. The van der Waals surface area contributed by atoms with Crippen LogP contribution in [0.1, 0.15) is 25.3 Å². The maximum atomic E-state index is 11.7. The molecule has 0 fully saturated rings. The summed E-state index contributed by atoms with van der Waals surface area (Å²) >= 11 is 0. The van der Waals surface area contributed by atoms with E-state index < -0.39 is 18.1 Å². The number of alkyl carbamates (subject to hydrolysis) is 1. The number of amides is 1. The highest BCUT2D eigenvalue weighted by Gasteiger charge is 2.21. The molecule has 132 valence electrons. The minimum Gasteiger partial charge on any atom is -0.480 e. The summed E-state index contributed by atoms with van der Waals surface area (Å²) in [6.07, 6.45) is 1.17. The van der Waals surface area contributed by atoms with Gasteiger partial charge in [-0.05, 0) is 23.1 Å². The highest BCUT2D eigenvalue weighted by Crippen LogP contribution is 2.19. The Morgan fingerprint density at radius 1 is 1.04 bits per heavy atom. The van der Waals surface area contributed by atoms with Crippen LogP contribution in [0.25, 0.3) is 11.1 Å². The van der Waals surface area contributed by atoms with Crippen molar-refractivity contribution in [1.82, 2.24) is 5.32 Å². The van der Waals surface area contributed by atoms with Gasteiger partial charge in [-0.15, -0.1) is 0 Å². The van der Waals surface area contributed by atoms with Gasteiger partial charge in [0.15, 0.2) is 0 Å². The average Bonchev–Trinajstić information content (AvgIpc) is 2.62. The van der Waals surface area contributed by atoms with Gasteiger partial charge in [0.25, 0.3) is 0 Å². The number of aliphatic carboxylic acids is 1. The quantitative estimate of drug-likeness (QED) is 0.715. The molecule has 5 heteroatoms. The van der Waals surface area contributed by atoms with E-state index in [4.69, 9.17) is 4.74 Å². The molecule has 0 saturated carbocycles. The Morgan fingerprint density at radius 2 is 1.68 bits per heavy atom. The molecule has 0 unspecified atom stereocenters. The van der Waals surface area contributed by atoms with E-state index in [1.54, 1.807) is 0 Å². The Labute approximate surface area is 147 Å². The lowest BCUT2D eigenvalue weighted by molar-refractivity contribution is -0.139. The number of benzene rings is 2. The topological polar surface area (TPSA) is 75.6 Å². The van der Waals surface area contributed by atoms with Crippen molar-refractivity contribution in [3.8, 4) is 11.1 Å². The van der Waals surface area contributed by atoms with Gasteiger partial charge in [-0.25, -0.2) is 9.59 Å². The van der Waals surface area contributed by atoms with Crippen LogP contribution in [0.3, 0.4) is 0 Å². The largest absolute Gasteiger partial charge is 0.480 e. The summed E-state index contributed by atoms with van der Waals surface area (Å²) in [6, 6.07) is 16.6. The normalized spacial score (nSPS) is 11.6. The fraction of sp³-hybridized carbons (Fsp3) is 0.300. The minimum absolute atomic E-state index is 0.202. The average molecular weight is 341 g/mol. The second-order valence-electron chi connectivity index (χ2n) is 5.79. The zero-order chi connectivity index (χ0) is 18.1. The number of ether oxygens (including phenoxy) is 1. The molecule has 2 aromatic rings. The van der Waals surface area contributed by atoms with Crippen molar-refractivity contribution < 1.29 is 19.4 Å². The SMILES string of the molecule is CCCCOC(=O)N[C@H](Cc1ccc(-c2ccccc2)cc1)C(=O)O. The molecule has 25 heavy (non-hydrogen) atoms. The van der Waals surface area contributed by atoms with Crippen molar-refractivity contribution in [2.45, 2.75) is 32.2 Å². The number of unbranched alkanes of at least 4 members (excludes halogenated alkanes) is 1. The van der Waals surface area contributed by atoms with Gasteiger partial charge in [0, 0.05) is 6.42 Å². The third-order valence-corrected chi connectivity index (χ3v) is 3.82. The molecular formula is C20H23NO4. The summed E-state index contributed by atoms with van der Waals surface area (Å²) in [5, 5.41) is 11.7. The molecule has 2 N–H and O–H groups in total. The lowest BCUT2D eigenvalue weighted by Gasteiger charge is -2.15. The van der Waals surface area contributed by atoms with Crippen molar-refractivity contribution in [2.75, 3.05) is 6.61 Å². The Balaban J connectivity index is 1.97. The van der Waals surface area contributed by atoms with E-state index in [-0.39, 0.29) is 6.42 Å². The summed E-state index contributed by atoms with van der Waals surface area (Å²) in [5.74, 6) is -1.08. The van der Waals surface area contributed by atoms with Crippen molar-refractivity contribution in [3.63, 3.8) is 0 Å². The van der Waals surface area contributed by atoms with E-state index in [9.17, 15) is 14.7 Å². The molecule has 2 rings (SSSR count). The third-order valence-electron chi connectivity index (χ3n) is 3.82. The maximum absolute atomic E-state index is 11.7. The number of carboxylic acid groups (broad SMARTS) is 1. The molecule has 0 aliphatic rings. The number of hydrogen-bond donors (Lipinski definition) is 2. The van der Waals surface area contributed by atoms with Gasteiger partial charge in [0.1, 0.15) is 6.04 Å². The van der Waals surface area contributed by atoms with Crippen molar-refractivity contribution in [2.24, 2.45) is 0 Å². The smallest absolute Gasteiger partial charge is 0.407 e. The van der Waals surface area contributed by atoms with Crippen LogP contribution in [0.5, 0.6) is 0 Å². The van der Waals surface area contributed by atoms with Crippen LogP contribution in [-0.2, 0) is 16.0 Å². The summed E-state index contributed by atoms with van der Waals surface area (Å²) in [6.45, 7) is 2.28. The Bertz CT molecular complexity index is 683. The standard InChI is InChI=1S/C20H23NO4/c1-2-3-13-25-20(24)21-18(19(22)23)14-15-9-11-17(12-10-15)16-7-5-4-6-8-16/h4-12,18H,2-3,13-14H2,1H3,(H,21,24)(H,22,23)/t18-/m1/s1. The molecule has 5 nitrogen and oxygen atoms in total. The molecule has 0 aliphatic heterocycles. The van der Waals surface area contributed by atoms with Crippen LogP contribution >= 0.6 is 0 Å². The van der Waals surface area contributed by atoms with Crippen LogP contribution < -0.4 is 5.32 Å². The molecule has 0 heterocycles. The first-order valence-electron chi connectivity index (χ1n) is 8.40. The monoisotopic (exact) mass is 341 g/mol. The lowest BCUT2D eigenvalue weighted by atomic mass is 10.0. The van der Waals surface area contributed by atoms with Crippen LogP contribution in [0.4, 0.5) is 4.79 Å². The van der Waals surface area contributed by atoms with E-state index in [1.807, 2.05) is 61.5 Å². The highest BCUT2D eigenvalue weighted by molar-refractivity contribution is 5.80. The predicted molar refractivity (Wildman–Crippen MR) is 96.4 cm³/mol. The summed E-state index contributed by atoms with van der Waals surface area (Å²) in [4.78, 5) is 23.1. The van der Waals surface area contributed by atoms with Crippen molar-refractivity contribution in [1.29, 1.82) is 0 Å². The van der Waals surface area contributed by atoms with Gasteiger partial charge in [-0.2, -0.15) is 0 Å². The second-order valence-corrected chi connectivity index (χ2v) is 5.79. The number of carbonyl (C=O) groups is 2. The Kier molecular flexibility index (Phi) is 7.01. The number of carboxylic acids is 1. The fourth-order valence-corrected chi connectivity index (χ4v) is 2.39. The third kappa shape index (κ3) is 5.95. The number of hydrogen-bond acceptors (Lipinski definition) is 3. The molecule has 1 amide bonds. The summed E-state index contributed by atoms with van der Waals surface area (Å²) in [7, 11) is 0. The van der Waals surface area contributed by atoms with Gasteiger partial charge in [-0.1, -0.05) is 67.9 Å². The lowest BCUT2D eigenvalue weighted by Crippen LogP contribution is -2.42. The molecule has 1 atom stereocenters. The van der Waals surface area contributed by atoms with Crippen LogP contribution in [-0.4, -0.2) is 29.8 Å². The maximum Gasteiger partial charge on any atom is 0.407 e. The van der Waals surface area contributed by atoms with Crippen LogP contribution in [0.2, 0.25) is 0 Å². The van der Waals surface area contributed by atoms with Gasteiger partial charge in [0.2, 0.25) is 0 Å². The van der Waals surface area contributed by atoms with Crippen molar-refractivity contribution >= 4 is 12.1 Å². The van der Waals surface area contributed by atoms with Gasteiger partial charge >= 0.3 is 12.1 Å². The molecule has 0 aromatic heterocycles. The first-order valence-corrected chi connectivity index (χ1v) is 8.40. The first-order chi connectivity index (χ1) is 12.1. The highest BCUT2D eigenvalue weighted by atomic mass is 16.5. The fourth-order valence-electron chi connectivity index (χ4n) is 2.39. The van der Waals surface area contributed by atoms with Gasteiger partial charge in [-0.3, -0.25) is 0 Å². The van der Waals surface area contributed by atoms with Crippen molar-refractivity contribution in [3.05, 3.63) is 60.2 Å². The predicted octanol–water partition coefficient (Wildman–Crippen LogP) is 3.88. The Hall–Kier alpha value is -2.82. The first kappa shape index (κ1) is 18.5. The molecule has 0 bridgehead atoms. The summed E-state index contributed by atoms with van der Waals surface area (Å²) < 4.78 is 4.96. The van der Waals surface area contributed by atoms with Gasteiger partial charge in [0.05, 0.1) is 6.61 Å². The van der Waals surface area contributed by atoms with E-state index in [1.165, 1.54) is 0 Å². The van der Waals surface area contributed by atoms with E-state index in [0.717, 1.165) is 29.5 Å². The molecule has 0 radical (unpaired) electrons. The number of rotatable bonds is 8. The molecule has 0 saturated heterocycles. The van der Waals surface area contributed by atoms with E-state index in [2.05, 4.69) is 5.32 Å². The van der Waals surface area contributed by atoms with Crippen LogP contribution in [0, 0.1) is 0 Å². The zero-order valence-corrected chi connectivity index (χ0v) is 14.3. The zero-order valence-electron chi connectivity index (χ0n) is 14.3. The molecular weight excluding hydrogens is 318 g/mol. The van der Waals surface area contributed by atoms with E-state index in [0.29, 0.717) is 6.61 Å². The molecule has 0 spiro atoms. The summed E-state index contributed by atoms with van der Waals surface area (Å²) in [5.41, 5.74) is 2.99. The second kappa shape index (κ2) is 9.47. The van der Waals surface area contributed by atoms with Crippen LogP contribution in [0.15, 0.2) is 54.6 Å². The molecule has 2 aromatic carbocycles. The number of nitrogens with one attached hydrogen (secondary N) is 1. The molecule has 0 aliphatic carbocycles. The van der Waals surface area contributed by atoms with E-state index >= 15 is 0 Å². The minimum atomic E-state index is -1.08.